The van der Waals surface area contributed by atoms with Gasteiger partial charge in [-0.1, -0.05) is 42.5 Å². The number of rotatable bonds is 7. The molecule has 37 heavy (non-hydrogen) atoms. The minimum Gasteiger partial charge on any atom is -0.496 e. The van der Waals surface area contributed by atoms with Crippen LogP contribution in [-0.4, -0.2) is 37.2 Å². The monoisotopic (exact) mass is 513 g/mol. The first-order valence-electron chi connectivity index (χ1n) is 11.6. The summed E-state index contributed by atoms with van der Waals surface area (Å²) in [4.78, 5) is 26.1. The van der Waals surface area contributed by atoms with Crippen LogP contribution in [0, 0.1) is 0 Å². The number of methoxy groups -OCH3 is 2. The van der Waals surface area contributed by atoms with E-state index < -0.39 is 35.9 Å². The van der Waals surface area contributed by atoms with Gasteiger partial charge in [-0.25, -0.2) is 4.79 Å². The molecule has 9 heteroatoms. The molecule has 0 aromatic heterocycles. The maximum absolute atomic E-state index is 13.7. The molecule has 2 unspecified atom stereocenters. The summed E-state index contributed by atoms with van der Waals surface area (Å²) in [5, 5.41) is 0. The lowest BCUT2D eigenvalue weighted by atomic mass is 9.93. The van der Waals surface area contributed by atoms with Crippen LogP contribution in [0.4, 0.5) is 18.0 Å². The smallest absolute Gasteiger partial charge is 0.416 e. The molecule has 6 nitrogen and oxygen atoms in total. The average Bonchev–Trinajstić information content (AvgIpc) is 3.17. The minimum atomic E-state index is -4.58. The number of halogens is 3. The molecule has 2 atom stereocenters. The van der Waals surface area contributed by atoms with E-state index in [2.05, 4.69) is 0 Å². The standard InChI is InChI=1S/C28H26F3NO5/c1-17-26(19-7-5-4-6-8-19)37-27(34)32(17)16-20-15-21(28(29,30)31)10-11-22(20)23-13-18(14-25(33)36-3)9-12-24(23)35-2/h4-13,15,17,26H,14,16H2,1-3H3. The molecule has 0 aliphatic carbocycles. The highest BCUT2D eigenvalue weighted by molar-refractivity contribution is 5.78. The van der Waals surface area contributed by atoms with Gasteiger partial charge >= 0.3 is 18.2 Å². The average molecular weight is 514 g/mol. The molecule has 4 rings (SSSR count). The third kappa shape index (κ3) is 5.55. The second-order valence-corrected chi connectivity index (χ2v) is 8.74. The number of benzene rings is 3. The summed E-state index contributed by atoms with van der Waals surface area (Å²) in [6.45, 7) is 1.68. The van der Waals surface area contributed by atoms with Gasteiger partial charge in [0.15, 0.2) is 0 Å². The van der Waals surface area contributed by atoms with Crippen molar-refractivity contribution in [2.24, 2.45) is 0 Å². The number of carbonyl (C=O) groups excluding carboxylic acids is 2. The second-order valence-electron chi connectivity index (χ2n) is 8.74. The fraction of sp³-hybridized carbons (Fsp3) is 0.286. The number of hydrogen-bond donors (Lipinski definition) is 0. The first-order valence-corrected chi connectivity index (χ1v) is 11.6. The van der Waals surface area contributed by atoms with Crippen molar-refractivity contribution in [3.05, 3.63) is 89.0 Å². The van der Waals surface area contributed by atoms with E-state index in [1.807, 2.05) is 30.3 Å². The first kappa shape index (κ1) is 26.1. The SMILES string of the molecule is COC(=O)Cc1ccc(OC)c(-c2ccc(C(F)(F)F)cc2CN2C(=O)OC(c3ccccc3)C2C)c1. The quantitative estimate of drug-likeness (QED) is 0.353. The van der Waals surface area contributed by atoms with Crippen molar-refractivity contribution in [3.63, 3.8) is 0 Å². The molecule has 3 aromatic rings. The molecule has 0 spiro atoms. The molecule has 194 valence electrons. The van der Waals surface area contributed by atoms with Crippen molar-refractivity contribution in [1.82, 2.24) is 4.90 Å². The van der Waals surface area contributed by atoms with E-state index in [9.17, 15) is 22.8 Å². The molecule has 0 bridgehead atoms. The fourth-order valence-electron chi connectivity index (χ4n) is 4.46. The lowest BCUT2D eigenvalue weighted by Gasteiger charge is -2.24. The van der Waals surface area contributed by atoms with E-state index in [1.54, 1.807) is 25.1 Å². The van der Waals surface area contributed by atoms with Gasteiger partial charge in [0, 0.05) is 5.56 Å². The Kier molecular flexibility index (Phi) is 7.42. The highest BCUT2D eigenvalue weighted by Crippen LogP contribution is 2.40. The van der Waals surface area contributed by atoms with Gasteiger partial charge in [0.2, 0.25) is 0 Å². The molecule has 0 radical (unpaired) electrons. The topological polar surface area (TPSA) is 65.1 Å². The highest BCUT2D eigenvalue weighted by atomic mass is 19.4. The Morgan fingerprint density at radius 3 is 2.38 bits per heavy atom. The summed E-state index contributed by atoms with van der Waals surface area (Å²) in [7, 11) is 2.73. The van der Waals surface area contributed by atoms with E-state index >= 15 is 0 Å². The van der Waals surface area contributed by atoms with Gasteiger partial charge in [0.25, 0.3) is 0 Å². The van der Waals surface area contributed by atoms with Crippen molar-refractivity contribution in [1.29, 1.82) is 0 Å². The Labute approximate surface area is 212 Å². The van der Waals surface area contributed by atoms with E-state index in [4.69, 9.17) is 14.2 Å². The Balaban J connectivity index is 1.77. The van der Waals surface area contributed by atoms with Crippen molar-refractivity contribution in [3.8, 4) is 16.9 Å². The summed E-state index contributed by atoms with van der Waals surface area (Å²) in [6, 6.07) is 17.2. The number of cyclic esters (lactones) is 1. The lowest BCUT2D eigenvalue weighted by molar-refractivity contribution is -0.140. The molecule has 1 aliphatic rings. The summed E-state index contributed by atoms with van der Waals surface area (Å²) < 4.78 is 56.8. The number of carbonyl (C=O) groups is 2. The van der Waals surface area contributed by atoms with Crippen molar-refractivity contribution < 1.29 is 37.0 Å². The van der Waals surface area contributed by atoms with Crippen LogP contribution in [0.2, 0.25) is 0 Å². The number of esters is 1. The van der Waals surface area contributed by atoms with E-state index in [-0.39, 0.29) is 18.5 Å². The Morgan fingerprint density at radius 1 is 1.00 bits per heavy atom. The molecule has 0 N–H and O–H groups in total. The lowest BCUT2D eigenvalue weighted by Crippen LogP contribution is -2.31. The molecular weight excluding hydrogens is 487 g/mol. The predicted octanol–water partition coefficient (Wildman–Crippen LogP) is 6.18. The van der Waals surface area contributed by atoms with Crippen LogP contribution in [0.25, 0.3) is 11.1 Å². The number of nitrogens with zero attached hydrogens (tertiary/aromatic N) is 1. The third-order valence-electron chi connectivity index (χ3n) is 6.42. The minimum absolute atomic E-state index is 0.0162. The van der Waals surface area contributed by atoms with Crippen molar-refractivity contribution in [2.45, 2.75) is 38.2 Å². The molecule has 1 heterocycles. The van der Waals surface area contributed by atoms with Gasteiger partial charge in [0.05, 0.1) is 38.8 Å². The van der Waals surface area contributed by atoms with E-state index in [1.165, 1.54) is 25.2 Å². The Morgan fingerprint density at radius 2 is 1.73 bits per heavy atom. The summed E-state index contributed by atoms with van der Waals surface area (Å²) >= 11 is 0. The molecule has 0 saturated carbocycles. The van der Waals surface area contributed by atoms with Gasteiger partial charge < -0.3 is 14.2 Å². The van der Waals surface area contributed by atoms with E-state index in [0.29, 0.717) is 22.4 Å². The van der Waals surface area contributed by atoms with E-state index in [0.717, 1.165) is 17.7 Å². The summed E-state index contributed by atoms with van der Waals surface area (Å²) in [6.07, 6.45) is -5.76. The number of ether oxygens (including phenoxy) is 3. The van der Waals surface area contributed by atoms with Gasteiger partial charge in [0.1, 0.15) is 11.9 Å². The summed E-state index contributed by atoms with van der Waals surface area (Å²) in [5.74, 6) is -0.0433. The molecular formula is C28H26F3NO5. The number of alkyl halides is 3. The highest BCUT2D eigenvalue weighted by Gasteiger charge is 2.40. The zero-order chi connectivity index (χ0) is 26.7. The predicted molar refractivity (Wildman–Crippen MR) is 130 cm³/mol. The van der Waals surface area contributed by atoms with Crippen LogP contribution in [0.15, 0.2) is 66.7 Å². The van der Waals surface area contributed by atoms with Gasteiger partial charge in [-0.05, 0) is 53.4 Å². The molecule has 3 aromatic carbocycles. The van der Waals surface area contributed by atoms with Crippen LogP contribution >= 0.6 is 0 Å². The largest absolute Gasteiger partial charge is 0.496 e. The number of hydrogen-bond acceptors (Lipinski definition) is 5. The molecule has 1 saturated heterocycles. The third-order valence-corrected chi connectivity index (χ3v) is 6.42. The maximum atomic E-state index is 13.7. The van der Waals surface area contributed by atoms with Crippen molar-refractivity contribution in [2.75, 3.05) is 14.2 Å². The van der Waals surface area contributed by atoms with Gasteiger partial charge in [-0.3, -0.25) is 9.69 Å². The summed E-state index contributed by atoms with van der Waals surface area (Å²) in [5.41, 5.74) is 1.77. The molecule has 1 aliphatic heterocycles. The fourth-order valence-corrected chi connectivity index (χ4v) is 4.46. The second kappa shape index (κ2) is 10.5. The van der Waals surface area contributed by atoms with Crippen LogP contribution in [0.3, 0.4) is 0 Å². The van der Waals surface area contributed by atoms with Crippen LogP contribution in [0.5, 0.6) is 5.75 Å². The van der Waals surface area contributed by atoms with Crippen LogP contribution in [-0.2, 0) is 33.4 Å². The van der Waals surface area contributed by atoms with Crippen LogP contribution < -0.4 is 4.74 Å². The maximum Gasteiger partial charge on any atom is 0.416 e. The number of amides is 1. The van der Waals surface area contributed by atoms with Gasteiger partial charge in [-0.15, -0.1) is 0 Å². The van der Waals surface area contributed by atoms with Crippen molar-refractivity contribution >= 4 is 12.1 Å². The Hall–Kier alpha value is -4.01. The van der Waals surface area contributed by atoms with Gasteiger partial charge in [-0.2, -0.15) is 13.2 Å². The zero-order valence-corrected chi connectivity index (χ0v) is 20.5. The normalized spacial score (nSPS) is 17.5. The molecule has 1 amide bonds. The first-order chi connectivity index (χ1) is 17.6. The molecule has 1 fully saturated rings. The zero-order valence-electron chi connectivity index (χ0n) is 20.5. The van der Waals surface area contributed by atoms with Crippen LogP contribution in [0.1, 0.15) is 35.3 Å². The Bertz CT molecular complexity index is 1290.